The molecule has 0 N–H and O–H groups in total. The van der Waals surface area contributed by atoms with Gasteiger partial charge in [0.25, 0.3) is 5.91 Å². The van der Waals surface area contributed by atoms with Crippen molar-refractivity contribution >= 4 is 17.6 Å². The van der Waals surface area contributed by atoms with Gasteiger partial charge >= 0.3 is 5.97 Å². The van der Waals surface area contributed by atoms with E-state index in [-0.39, 0.29) is 19.1 Å². The molecule has 1 amide bonds. The molecule has 2 rings (SSSR count). The number of para-hydroxylation sites is 1. The molecule has 0 aliphatic rings. The summed E-state index contributed by atoms with van der Waals surface area (Å²) in [4.78, 5) is 27.8. The van der Waals surface area contributed by atoms with Gasteiger partial charge in [-0.05, 0) is 38.1 Å². The number of benzene rings is 2. The van der Waals surface area contributed by atoms with Crippen LogP contribution in [0.2, 0.25) is 0 Å². The van der Waals surface area contributed by atoms with Crippen molar-refractivity contribution in [3.8, 4) is 5.75 Å². The fraction of sp³-hybridized carbons (Fsp3) is 0.364. The van der Waals surface area contributed by atoms with Crippen molar-refractivity contribution < 1.29 is 19.1 Å². The fourth-order valence-corrected chi connectivity index (χ4v) is 2.72. The van der Waals surface area contributed by atoms with Crippen LogP contribution in [0.1, 0.15) is 29.8 Å². The van der Waals surface area contributed by atoms with Crippen LogP contribution in [0.3, 0.4) is 0 Å². The molecule has 2 aromatic carbocycles. The summed E-state index contributed by atoms with van der Waals surface area (Å²) in [5.74, 6) is -0.132. The van der Waals surface area contributed by atoms with E-state index < -0.39 is 5.97 Å². The summed E-state index contributed by atoms with van der Waals surface area (Å²) < 4.78 is 11.0. The van der Waals surface area contributed by atoms with Crippen LogP contribution in [0, 0.1) is 0 Å². The van der Waals surface area contributed by atoms with E-state index in [2.05, 4.69) is 18.7 Å². The third kappa shape index (κ3) is 5.74. The maximum absolute atomic E-state index is 12.5. The van der Waals surface area contributed by atoms with E-state index in [0.717, 1.165) is 24.3 Å². The number of ether oxygens (including phenoxy) is 2. The van der Waals surface area contributed by atoms with Gasteiger partial charge in [-0.2, -0.15) is 0 Å². The van der Waals surface area contributed by atoms with Crippen LogP contribution in [-0.4, -0.2) is 50.6 Å². The van der Waals surface area contributed by atoms with E-state index >= 15 is 0 Å². The molecular formula is C22H28N2O4. The zero-order chi connectivity index (χ0) is 20.5. The van der Waals surface area contributed by atoms with E-state index in [9.17, 15) is 9.59 Å². The van der Waals surface area contributed by atoms with E-state index in [1.54, 1.807) is 38.4 Å². The number of rotatable bonds is 9. The Bertz CT molecular complexity index is 801. The van der Waals surface area contributed by atoms with Crippen molar-refractivity contribution in [2.75, 3.05) is 38.7 Å². The molecule has 0 aromatic heterocycles. The number of likely N-dealkylation sites (N-methyl/N-ethyl adjacent to an activating group) is 1. The predicted octanol–water partition coefficient (Wildman–Crippen LogP) is 3.36. The summed E-state index contributed by atoms with van der Waals surface area (Å²) in [6, 6.07) is 14.6. The molecule has 6 heteroatoms. The van der Waals surface area contributed by atoms with Crippen LogP contribution in [0.15, 0.2) is 48.5 Å². The first-order chi connectivity index (χ1) is 13.5. The number of anilines is 1. The molecule has 0 aliphatic heterocycles. The fourth-order valence-electron chi connectivity index (χ4n) is 2.72. The topological polar surface area (TPSA) is 59.1 Å². The number of amides is 1. The van der Waals surface area contributed by atoms with Crippen molar-refractivity contribution in [2.24, 2.45) is 0 Å². The Kier molecular flexibility index (Phi) is 7.87. The summed E-state index contributed by atoms with van der Waals surface area (Å²) >= 11 is 0. The summed E-state index contributed by atoms with van der Waals surface area (Å²) in [5, 5.41) is 0. The SMILES string of the molecule is CCN(CC)c1ccccc1COC(=O)c1cccc(OCC(=O)N(C)C)c1. The molecule has 6 nitrogen and oxygen atoms in total. The Balaban J connectivity index is 2.02. The van der Waals surface area contributed by atoms with E-state index in [1.807, 2.05) is 24.3 Å². The number of hydrogen-bond acceptors (Lipinski definition) is 5. The lowest BCUT2D eigenvalue weighted by Gasteiger charge is -2.24. The Labute approximate surface area is 166 Å². The Morgan fingerprint density at radius 1 is 0.964 bits per heavy atom. The highest BCUT2D eigenvalue weighted by molar-refractivity contribution is 5.90. The van der Waals surface area contributed by atoms with Gasteiger partial charge in [0.15, 0.2) is 6.61 Å². The molecular weight excluding hydrogens is 356 g/mol. The highest BCUT2D eigenvalue weighted by Gasteiger charge is 2.13. The van der Waals surface area contributed by atoms with Gasteiger partial charge in [-0.1, -0.05) is 24.3 Å². The van der Waals surface area contributed by atoms with Crippen LogP contribution in [-0.2, 0) is 16.1 Å². The second-order valence-electron chi connectivity index (χ2n) is 6.48. The smallest absolute Gasteiger partial charge is 0.338 e. The number of esters is 1. The van der Waals surface area contributed by atoms with Gasteiger partial charge in [-0.3, -0.25) is 4.79 Å². The lowest BCUT2D eigenvalue weighted by molar-refractivity contribution is -0.130. The normalized spacial score (nSPS) is 10.3. The average Bonchev–Trinajstić information content (AvgIpc) is 2.72. The molecule has 150 valence electrons. The van der Waals surface area contributed by atoms with Crippen molar-refractivity contribution in [1.29, 1.82) is 0 Å². The molecule has 28 heavy (non-hydrogen) atoms. The summed E-state index contributed by atoms with van der Waals surface area (Å²) in [5.41, 5.74) is 2.42. The van der Waals surface area contributed by atoms with Gasteiger partial charge in [-0.15, -0.1) is 0 Å². The number of carbonyl (C=O) groups excluding carboxylic acids is 2. The summed E-state index contributed by atoms with van der Waals surface area (Å²) in [6.45, 7) is 6.06. The first kappa shape index (κ1) is 21.3. The van der Waals surface area contributed by atoms with Crippen LogP contribution in [0.4, 0.5) is 5.69 Å². The molecule has 0 spiro atoms. The quantitative estimate of drug-likeness (QED) is 0.621. The first-order valence-electron chi connectivity index (χ1n) is 9.39. The van der Waals surface area contributed by atoms with Crippen LogP contribution < -0.4 is 9.64 Å². The molecule has 0 atom stereocenters. The Morgan fingerprint density at radius 3 is 2.36 bits per heavy atom. The minimum absolute atomic E-state index is 0.0806. The predicted molar refractivity (Wildman–Crippen MR) is 110 cm³/mol. The van der Waals surface area contributed by atoms with Gasteiger partial charge in [-0.25, -0.2) is 4.79 Å². The molecule has 0 fully saturated rings. The number of nitrogens with zero attached hydrogens (tertiary/aromatic N) is 2. The molecule has 0 bridgehead atoms. The van der Waals surface area contributed by atoms with Crippen molar-refractivity contribution in [1.82, 2.24) is 4.90 Å². The van der Waals surface area contributed by atoms with Gasteiger partial charge in [0.2, 0.25) is 0 Å². The first-order valence-corrected chi connectivity index (χ1v) is 9.39. The zero-order valence-electron chi connectivity index (χ0n) is 17.0. The van der Waals surface area contributed by atoms with E-state index in [4.69, 9.17) is 9.47 Å². The Morgan fingerprint density at radius 2 is 1.68 bits per heavy atom. The number of carbonyl (C=O) groups is 2. The number of hydrogen-bond donors (Lipinski definition) is 0. The standard InChI is InChI=1S/C22H28N2O4/c1-5-24(6-2)20-13-8-7-10-18(20)15-28-22(26)17-11-9-12-19(14-17)27-16-21(25)23(3)4/h7-14H,5-6,15-16H2,1-4H3. The second-order valence-corrected chi connectivity index (χ2v) is 6.48. The zero-order valence-corrected chi connectivity index (χ0v) is 17.0. The third-order valence-electron chi connectivity index (χ3n) is 4.39. The molecule has 2 aromatic rings. The highest BCUT2D eigenvalue weighted by atomic mass is 16.5. The lowest BCUT2D eigenvalue weighted by Crippen LogP contribution is -2.27. The van der Waals surface area contributed by atoms with Crippen molar-refractivity contribution in [3.05, 3.63) is 59.7 Å². The minimum Gasteiger partial charge on any atom is -0.484 e. The van der Waals surface area contributed by atoms with Gasteiger partial charge in [0.1, 0.15) is 12.4 Å². The molecule has 0 aliphatic carbocycles. The van der Waals surface area contributed by atoms with Crippen molar-refractivity contribution in [3.63, 3.8) is 0 Å². The van der Waals surface area contributed by atoms with Crippen LogP contribution in [0.25, 0.3) is 0 Å². The van der Waals surface area contributed by atoms with E-state index in [1.165, 1.54) is 4.90 Å². The molecule has 0 saturated carbocycles. The van der Waals surface area contributed by atoms with Gasteiger partial charge < -0.3 is 19.3 Å². The highest BCUT2D eigenvalue weighted by Crippen LogP contribution is 2.22. The summed E-state index contributed by atoms with van der Waals surface area (Å²) in [6.07, 6.45) is 0. The second kappa shape index (κ2) is 10.3. The summed E-state index contributed by atoms with van der Waals surface area (Å²) in [7, 11) is 3.32. The molecule has 0 radical (unpaired) electrons. The minimum atomic E-state index is -0.432. The maximum atomic E-state index is 12.5. The van der Waals surface area contributed by atoms with Crippen molar-refractivity contribution in [2.45, 2.75) is 20.5 Å². The largest absolute Gasteiger partial charge is 0.484 e. The van der Waals surface area contributed by atoms with Gasteiger partial charge in [0, 0.05) is 38.4 Å². The third-order valence-corrected chi connectivity index (χ3v) is 4.39. The van der Waals surface area contributed by atoms with Gasteiger partial charge in [0.05, 0.1) is 5.56 Å². The maximum Gasteiger partial charge on any atom is 0.338 e. The monoisotopic (exact) mass is 384 g/mol. The van der Waals surface area contributed by atoms with Crippen LogP contribution >= 0.6 is 0 Å². The van der Waals surface area contributed by atoms with E-state index in [0.29, 0.717) is 11.3 Å². The average molecular weight is 384 g/mol. The lowest BCUT2D eigenvalue weighted by atomic mass is 10.1. The van der Waals surface area contributed by atoms with Crippen LogP contribution in [0.5, 0.6) is 5.75 Å². The molecule has 0 saturated heterocycles. The Hall–Kier alpha value is -3.02. The molecule has 0 unspecified atom stereocenters. The molecule has 0 heterocycles.